The van der Waals surface area contributed by atoms with Crippen LogP contribution in [-0.2, 0) is 13.1 Å². The van der Waals surface area contributed by atoms with E-state index in [1.807, 2.05) is 10.7 Å². The van der Waals surface area contributed by atoms with Gasteiger partial charge in [0.2, 0.25) is 5.95 Å². The summed E-state index contributed by atoms with van der Waals surface area (Å²) in [5, 5.41) is 21.2. The molecule has 2 heterocycles. The summed E-state index contributed by atoms with van der Waals surface area (Å²) >= 11 is 0. The van der Waals surface area contributed by atoms with Crippen LogP contribution >= 0.6 is 0 Å². The van der Waals surface area contributed by atoms with Crippen molar-refractivity contribution < 1.29 is 9.84 Å². The van der Waals surface area contributed by atoms with Crippen LogP contribution in [0.3, 0.4) is 0 Å². The topological polar surface area (TPSA) is 149 Å². The van der Waals surface area contributed by atoms with Crippen LogP contribution in [0.25, 0.3) is 11.0 Å². The molecule has 2 aromatic heterocycles. The van der Waals surface area contributed by atoms with Gasteiger partial charge in [-0.1, -0.05) is 38.3 Å². The third-order valence-electron chi connectivity index (χ3n) is 6.63. The predicted octanol–water partition coefficient (Wildman–Crippen LogP) is 2.36. The molecule has 1 saturated carbocycles. The predicted molar refractivity (Wildman–Crippen MR) is 133 cm³/mol. The van der Waals surface area contributed by atoms with Crippen molar-refractivity contribution in [1.82, 2.24) is 25.1 Å². The van der Waals surface area contributed by atoms with Crippen molar-refractivity contribution >= 4 is 22.8 Å². The van der Waals surface area contributed by atoms with Crippen LogP contribution in [0.5, 0.6) is 5.75 Å². The summed E-state index contributed by atoms with van der Waals surface area (Å²) in [7, 11) is 1.67. The Morgan fingerprint density at radius 1 is 1.26 bits per heavy atom. The number of benzene rings is 1. The van der Waals surface area contributed by atoms with E-state index in [4.69, 9.17) is 16.2 Å². The van der Waals surface area contributed by atoms with E-state index < -0.39 is 0 Å². The van der Waals surface area contributed by atoms with Crippen LogP contribution in [-0.4, -0.2) is 50.3 Å². The standard InChI is InChI=1S/C24H36N8O2/c1-3-6-20(25)30-22-21-18(29-23(26)31-22)13-28-32(21)14-17-8-7-16(11-19(17)34-2)12-27-24(15-33)9-4-5-10-24/h7-8,11,13,20,27,33H,3-6,9-10,12,14-15,25H2,1-2H3,(H3,26,29,30,31). The number of anilines is 2. The van der Waals surface area contributed by atoms with Crippen LogP contribution in [0.1, 0.15) is 56.6 Å². The van der Waals surface area contributed by atoms with E-state index in [1.165, 1.54) is 0 Å². The largest absolute Gasteiger partial charge is 0.496 e. The molecule has 1 aliphatic rings. The number of nitrogens with zero attached hydrogens (tertiary/aromatic N) is 4. The Morgan fingerprint density at radius 2 is 2.06 bits per heavy atom. The van der Waals surface area contributed by atoms with Gasteiger partial charge in [0.25, 0.3) is 0 Å². The maximum absolute atomic E-state index is 9.87. The van der Waals surface area contributed by atoms with Gasteiger partial charge in [-0.15, -0.1) is 0 Å². The minimum absolute atomic E-state index is 0.163. The van der Waals surface area contributed by atoms with Crippen molar-refractivity contribution in [3.05, 3.63) is 35.5 Å². The lowest BCUT2D eigenvalue weighted by Crippen LogP contribution is -2.45. The number of ether oxygens (including phenoxy) is 1. The molecule has 1 fully saturated rings. The van der Waals surface area contributed by atoms with E-state index in [0.29, 0.717) is 24.4 Å². The third kappa shape index (κ3) is 5.24. The summed E-state index contributed by atoms with van der Waals surface area (Å²) < 4.78 is 7.55. The van der Waals surface area contributed by atoms with Gasteiger partial charge in [-0.05, 0) is 30.9 Å². The van der Waals surface area contributed by atoms with Crippen LogP contribution < -0.4 is 26.8 Å². The monoisotopic (exact) mass is 468 g/mol. The number of hydrogen-bond donors (Lipinski definition) is 5. The van der Waals surface area contributed by atoms with E-state index in [1.54, 1.807) is 13.3 Å². The zero-order valence-electron chi connectivity index (χ0n) is 20.0. The molecular weight excluding hydrogens is 432 g/mol. The molecule has 10 heteroatoms. The van der Waals surface area contributed by atoms with Gasteiger partial charge in [-0.3, -0.25) is 4.68 Å². The van der Waals surface area contributed by atoms with Crippen molar-refractivity contribution in [3.63, 3.8) is 0 Å². The molecule has 1 aliphatic carbocycles. The number of nitrogen functional groups attached to an aromatic ring is 1. The molecule has 4 rings (SSSR count). The number of rotatable bonds is 11. The van der Waals surface area contributed by atoms with Gasteiger partial charge in [0.15, 0.2) is 5.82 Å². The summed E-state index contributed by atoms with van der Waals surface area (Å²) in [5.41, 5.74) is 15.4. The van der Waals surface area contributed by atoms with E-state index in [0.717, 1.165) is 60.9 Å². The van der Waals surface area contributed by atoms with E-state index in [-0.39, 0.29) is 24.3 Å². The second-order valence-corrected chi connectivity index (χ2v) is 9.15. The molecule has 184 valence electrons. The van der Waals surface area contributed by atoms with Gasteiger partial charge >= 0.3 is 0 Å². The molecular formula is C24H36N8O2. The highest BCUT2D eigenvalue weighted by Crippen LogP contribution is 2.30. The van der Waals surface area contributed by atoms with E-state index >= 15 is 0 Å². The van der Waals surface area contributed by atoms with Gasteiger partial charge in [0, 0.05) is 17.6 Å². The first kappa shape index (κ1) is 24.2. The fraction of sp³-hybridized carbons (Fsp3) is 0.542. The van der Waals surface area contributed by atoms with Crippen LogP contribution in [0.2, 0.25) is 0 Å². The number of aliphatic hydroxyl groups excluding tert-OH is 1. The van der Waals surface area contributed by atoms with Gasteiger partial charge < -0.3 is 31.9 Å². The molecule has 0 spiro atoms. The van der Waals surface area contributed by atoms with E-state index in [2.05, 4.69) is 44.8 Å². The summed E-state index contributed by atoms with van der Waals surface area (Å²) in [6.45, 7) is 3.41. The number of nitrogens with two attached hydrogens (primary N) is 2. The van der Waals surface area contributed by atoms with Gasteiger partial charge in [-0.2, -0.15) is 10.1 Å². The molecule has 3 aromatic rings. The number of nitrogens with one attached hydrogen (secondary N) is 2. The Bertz CT molecular complexity index is 1110. The van der Waals surface area contributed by atoms with Gasteiger partial charge in [0.05, 0.1) is 32.6 Å². The molecule has 0 aliphatic heterocycles. The smallest absolute Gasteiger partial charge is 0.222 e. The van der Waals surface area contributed by atoms with Crippen LogP contribution in [0.15, 0.2) is 24.4 Å². The quantitative estimate of drug-likeness (QED) is 0.267. The Morgan fingerprint density at radius 3 is 2.76 bits per heavy atom. The molecule has 7 N–H and O–H groups in total. The second kappa shape index (κ2) is 10.5. The number of hydrogen-bond acceptors (Lipinski definition) is 9. The number of fused-ring (bicyclic) bond motifs is 1. The van der Waals surface area contributed by atoms with Crippen LogP contribution in [0.4, 0.5) is 11.8 Å². The molecule has 0 bridgehead atoms. The average molecular weight is 469 g/mol. The zero-order chi connectivity index (χ0) is 24.1. The fourth-order valence-corrected chi connectivity index (χ4v) is 4.72. The second-order valence-electron chi connectivity index (χ2n) is 9.15. The normalized spacial score (nSPS) is 16.1. The lowest BCUT2D eigenvalue weighted by Gasteiger charge is -2.28. The molecule has 1 aromatic carbocycles. The Labute approximate surface area is 200 Å². The number of aromatic nitrogens is 4. The Hall–Kier alpha value is -2.95. The summed E-state index contributed by atoms with van der Waals surface area (Å²) in [6.07, 6.45) is 7.53. The molecule has 1 unspecified atom stereocenters. The molecule has 1 atom stereocenters. The lowest BCUT2D eigenvalue weighted by atomic mass is 9.98. The van der Waals surface area contributed by atoms with Crippen molar-refractivity contribution in [1.29, 1.82) is 0 Å². The maximum atomic E-state index is 9.87. The third-order valence-corrected chi connectivity index (χ3v) is 6.63. The Kier molecular flexibility index (Phi) is 7.50. The highest BCUT2D eigenvalue weighted by Gasteiger charge is 2.32. The number of methoxy groups -OCH3 is 1. The SMILES string of the molecule is CCCC(N)Nc1nc(N)nc2cnn(Cc3ccc(CNC4(CO)CCCC4)cc3OC)c12. The molecule has 0 amide bonds. The minimum Gasteiger partial charge on any atom is -0.496 e. The first-order chi connectivity index (χ1) is 16.5. The number of aliphatic hydroxyl groups is 1. The first-order valence-electron chi connectivity index (χ1n) is 12.0. The zero-order valence-corrected chi connectivity index (χ0v) is 20.0. The summed E-state index contributed by atoms with van der Waals surface area (Å²) in [4.78, 5) is 8.71. The average Bonchev–Trinajstić information content (AvgIpc) is 3.46. The summed E-state index contributed by atoms with van der Waals surface area (Å²) in [5.74, 6) is 1.53. The van der Waals surface area contributed by atoms with Crippen molar-refractivity contribution in [3.8, 4) is 5.75 Å². The van der Waals surface area contributed by atoms with Crippen molar-refractivity contribution in [2.75, 3.05) is 24.8 Å². The molecule has 0 radical (unpaired) electrons. The lowest BCUT2D eigenvalue weighted by molar-refractivity contribution is 0.163. The summed E-state index contributed by atoms with van der Waals surface area (Å²) in [6, 6.07) is 6.18. The fourth-order valence-electron chi connectivity index (χ4n) is 4.72. The highest BCUT2D eigenvalue weighted by molar-refractivity contribution is 5.86. The van der Waals surface area contributed by atoms with Gasteiger partial charge in [-0.25, -0.2) is 4.98 Å². The van der Waals surface area contributed by atoms with E-state index in [9.17, 15) is 5.11 Å². The van der Waals surface area contributed by atoms with Gasteiger partial charge in [0.1, 0.15) is 16.8 Å². The first-order valence-corrected chi connectivity index (χ1v) is 12.0. The minimum atomic E-state index is -0.241. The van der Waals surface area contributed by atoms with Crippen molar-refractivity contribution in [2.24, 2.45) is 5.73 Å². The molecule has 10 nitrogen and oxygen atoms in total. The van der Waals surface area contributed by atoms with Crippen LogP contribution in [0, 0.1) is 0 Å². The highest BCUT2D eigenvalue weighted by atomic mass is 16.5. The molecule has 0 saturated heterocycles. The molecule has 34 heavy (non-hydrogen) atoms. The maximum Gasteiger partial charge on any atom is 0.222 e. The van der Waals surface area contributed by atoms with Crippen molar-refractivity contribution in [2.45, 2.75) is 70.2 Å². The Balaban J connectivity index is 1.56.